The van der Waals surface area contributed by atoms with E-state index >= 15 is 0 Å². The standard InChI is InChI=1S/C23H21N5O4/c1-27(15-20-24-18-10-6-5-9-17(18)22(30)25-20)23(31)19-11-12-21(29)28(26-19)13-14-32-16-7-3-2-4-8-16/h2-12H,13-15H2,1H3,(H,24,25,30). The highest BCUT2D eigenvalue weighted by molar-refractivity contribution is 5.91. The molecule has 32 heavy (non-hydrogen) atoms. The number of aromatic amines is 1. The molecule has 0 saturated heterocycles. The summed E-state index contributed by atoms with van der Waals surface area (Å²) >= 11 is 0. The molecule has 0 saturated carbocycles. The fourth-order valence-electron chi connectivity index (χ4n) is 3.19. The van der Waals surface area contributed by atoms with Gasteiger partial charge in [0.05, 0.1) is 24.0 Å². The normalized spacial score (nSPS) is 10.8. The summed E-state index contributed by atoms with van der Waals surface area (Å²) in [5, 5.41) is 4.66. The highest BCUT2D eigenvalue weighted by Gasteiger charge is 2.16. The summed E-state index contributed by atoms with van der Waals surface area (Å²) in [6, 6.07) is 18.9. The third kappa shape index (κ3) is 4.72. The number of hydrogen-bond acceptors (Lipinski definition) is 6. The summed E-state index contributed by atoms with van der Waals surface area (Å²) in [7, 11) is 1.58. The minimum absolute atomic E-state index is 0.0802. The van der Waals surface area contributed by atoms with Crippen molar-refractivity contribution in [1.82, 2.24) is 24.6 Å². The van der Waals surface area contributed by atoms with E-state index in [1.54, 1.807) is 31.3 Å². The average Bonchev–Trinajstić information content (AvgIpc) is 2.80. The molecule has 0 aliphatic rings. The molecular weight excluding hydrogens is 410 g/mol. The van der Waals surface area contributed by atoms with Gasteiger partial charge in [0, 0.05) is 13.1 Å². The molecule has 1 amide bonds. The molecule has 1 N–H and O–H groups in total. The van der Waals surface area contributed by atoms with Gasteiger partial charge in [-0.15, -0.1) is 0 Å². The van der Waals surface area contributed by atoms with Crippen LogP contribution in [0, 0.1) is 0 Å². The van der Waals surface area contributed by atoms with Gasteiger partial charge in [-0.1, -0.05) is 30.3 Å². The summed E-state index contributed by atoms with van der Waals surface area (Å²) in [5.74, 6) is 0.636. The van der Waals surface area contributed by atoms with Gasteiger partial charge in [0.2, 0.25) is 0 Å². The van der Waals surface area contributed by atoms with Crippen LogP contribution < -0.4 is 15.9 Å². The second kappa shape index (κ2) is 9.25. The molecule has 0 aliphatic carbocycles. The molecule has 0 bridgehead atoms. The molecule has 0 fully saturated rings. The maximum atomic E-state index is 12.9. The lowest BCUT2D eigenvalue weighted by atomic mass is 10.2. The number of benzene rings is 2. The molecular formula is C23H21N5O4. The van der Waals surface area contributed by atoms with E-state index in [1.807, 2.05) is 30.3 Å². The van der Waals surface area contributed by atoms with E-state index < -0.39 is 5.91 Å². The van der Waals surface area contributed by atoms with E-state index in [9.17, 15) is 14.4 Å². The fourth-order valence-corrected chi connectivity index (χ4v) is 3.19. The van der Waals surface area contributed by atoms with Crippen molar-refractivity contribution in [2.24, 2.45) is 0 Å². The van der Waals surface area contributed by atoms with Gasteiger partial charge in [-0.05, 0) is 30.3 Å². The molecule has 2 heterocycles. The lowest BCUT2D eigenvalue weighted by Gasteiger charge is -2.17. The monoisotopic (exact) mass is 431 g/mol. The van der Waals surface area contributed by atoms with E-state index in [1.165, 1.54) is 21.7 Å². The van der Waals surface area contributed by atoms with Crippen molar-refractivity contribution in [3.63, 3.8) is 0 Å². The summed E-state index contributed by atoms with van der Waals surface area (Å²) in [5.41, 5.74) is 0.0602. The number of hydrogen-bond donors (Lipinski definition) is 1. The van der Waals surface area contributed by atoms with E-state index in [0.717, 1.165) is 0 Å². The van der Waals surface area contributed by atoms with E-state index in [0.29, 0.717) is 22.5 Å². The van der Waals surface area contributed by atoms with Crippen LogP contribution in [0.25, 0.3) is 10.9 Å². The number of fused-ring (bicyclic) bond motifs is 1. The molecule has 2 aromatic carbocycles. The van der Waals surface area contributed by atoms with E-state index in [2.05, 4.69) is 15.1 Å². The predicted octanol–water partition coefficient (Wildman–Crippen LogP) is 1.83. The summed E-state index contributed by atoms with van der Waals surface area (Å²) < 4.78 is 6.80. The molecule has 0 spiro atoms. The van der Waals surface area contributed by atoms with Crippen molar-refractivity contribution in [3.8, 4) is 5.75 Å². The lowest BCUT2D eigenvalue weighted by molar-refractivity contribution is 0.0772. The van der Waals surface area contributed by atoms with Crippen molar-refractivity contribution in [1.29, 1.82) is 0 Å². The molecule has 0 radical (unpaired) electrons. The van der Waals surface area contributed by atoms with Crippen molar-refractivity contribution in [2.45, 2.75) is 13.1 Å². The Morgan fingerprint density at radius 1 is 1.03 bits per heavy atom. The first-order valence-electron chi connectivity index (χ1n) is 10.0. The van der Waals surface area contributed by atoms with Crippen LogP contribution in [0.3, 0.4) is 0 Å². The van der Waals surface area contributed by atoms with Crippen molar-refractivity contribution < 1.29 is 9.53 Å². The highest BCUT2D eigenvalue weighted by atomic mass is 16.5. The number of rotatable bonds is 7. The van der Waals surface area contributed by atoms with E-state index in [-0.39, 0.29) is 36.5 Å². The minimum atomic E-state index is -0.404. The largest absolute Gasteiger partial charge is 0.492 e. The second-order valence-corrected chi connectivity index (χ2v) is 7.13. The number of amides is 1. The molecule has 2 aromatic heterocycles. The van der Waals surface area contributed by atoms with Gasteiger partial charge in [-0.25, -0.2) is 9.67 Å². The molecule has 0 atom stereocenters. The minimum Gasteiger partial charge on any atom is -0.492 e. The van der Waals surface area contributed by atoms with Gasteiger partial charge in [0.15, 0.2) is 0 Å². The third-order valence-corrected chi connectivity index (χ3v) is 4.80. The van der Waals surface area contributed by atoms with Crippen LogP contribution >= 0.6 is 0 Å². The molecule has 0 unspecified atom stereocenters. The molecule has 4 aromatic rings. The Hall–Kier alpha value is -4.27. The highest BCUT2D eigenvalue weighted by Crippen LogP contribution is 2.09. The van der Waals surface area contributed by atoms with Gasteiger partial charge in [0.25, 0.3) is 17.0 Å². The van der Waals surface area contributed by atoms with Gasteiger partial charge in [-0.2, -0.15) is 5.10 Å². The van der Waals surface area contributed by atoms with Gasteiger partial charge < -0.3 is 14.6 Å². The van der Waals surface area contributed by atoms with Crippen molar-refractivity contribution in [2.75, 3.05) is 13.7 Å². The maximum absolute atomic E-state index is 12.9. The molecule has 0 aliphatic heterocycles. The second-order valence-electron chi connectivity index (χ2n) is 7.13. The third-order valence-electron chi connectivity index (χ3n) is 4.80. The Bertz CT molecular complexity index is 1360. The number of carbonyl (C=O) groups is 1. The van der Waals surface area contributed by atoms with Crippen molar-refractivity contribution >= 4 is 16.8 Å². The Morgan fingerprint density at radius 2 is 1.78 bits per heavy atom. The first-order valence-corrected chi connectivity index (χ1v) is 10.0. The summed E-state index contributed by atoms with van der Waals surface area (Å²) in [6.07, 6.45) is 0. The zero-order chi connectivity index (χ0) is 22.5. The smallest absolute Gasteiger partial charge is 0.274 e. The molecule has 9 nitrogen and oxygen atoms in total. The van der Waals surface area contributed by atoms with Gasteiger partial charge in [0.1, 0.15) is 23.9 Å². The van der Waals surface area contributed by atoms with Crippen LogP contribution in [0.4, 0.5) is 0 Å². The Labute approximate surface area is 182 Å². The number of para-hydroxylation sites is 2. The van der Waals surface area contributed by atoms with Crippen LogP contribution in [0.15, 0.2) is 76.3 Å². The Kier molecular flexibility index (Phi) is 6.07. The topological polar surface area (TPSA) is 110 Å². The number of H-pyrrole nitrogens is 1. The number of ether oxygens (including phenoxy) is 1. The van der Waals surface area contributed by atoms with Gasteiger partial charge >= 0.3 is 0 Å². The fraction of sp³-hybridized carbons (Fsp3) is 0.174. The lowest BCUT2D eigenvalue weighted by Crippen LogP contribution is -2.32. The Balaban J connectivity index is 1.46. The first kappa shape index (κ1) is 21.0. The van der Waals surface area contributed by atoms with Crippen molar-refractivity contribution in [3.05, 3.63) is 99.0 Å². The SMILES string of the molecule is CN(Cc1nc2ccccc2c(=O)[nH]1)C(=O)c1ccc(=O)n(CCOc2ccccc2)n1. The van der Waals surface area contributed by atoms with Crippen LogP contribution in [0.2, 0.25) is 0 Å². The van der Waals surface area contributed by atoms with E-state index in [4.69, 9.17) is 4.74 Å². The maximum Gasteiger partial charge on any atom is 0.274 e. The number of nitrogens with one attached hydrogen (secondary N) is 1. The number of aromatic nitrogens is 4. The zero-order valence-electron chi connectivity index (χ0n) is 17.4. The first-order chi connectivity index (χ1) is 15.5. The summed E-state index contributed by atoms with van der Waals surface area (Å²) in [6.45, 7) is 0.502. The number of carbonyl (C=O) groups excluding carboxylic acids is 1. The van der Waals surface area contributed by atoms with Gasteiger partial charge in [-0.3, -0.25) is 14.4 Å². The van der Waals surface area contributed by atoms with Crippen LogP contribution in [-0.2, 0) is 13.1 Å². The zero-order valence-corrected chi connectivity index (χ0v) is 17.4. The quantitative estimate of drug-likeness (QED) is 0.478. The number of nitrogens with zero attached hydrogens (tertiary/aromatic N) is 4. The molecule has 4 rings (SSSR count). The average molecular weight is 431 g/mol. The molecule has 162 valence electrons. The molecule has 9 heteroatoms. The van der Waals surface area contributed by atoms with Crippen LogP contribution in [-0.4, -0.2) is 44.2 Å². The Morgan fingerprint density at radius 3 is 2.59 bits per heavy atom. The summed E-state index contributed by atoms with van der Waals surface area (Å²) in [4.78, 5) is 45.7. The predicted molar refractivity (Wildman–Crippen MR) is 119 cm³/mol. The van der Waals surface area contributed by atoms with Crippen LogP contribution in [0.1, 0.15) is 16.3 Å². The van der Waals surface area contributed by atoms with Crippen LogP contribution in [0.5, 0.6) is 5.75 Å².